The highest BCUT2D eigenvalue weighted by molar-refractivity contribution is 5.88. The number of halogens is 10. The van der Waals surface area contributed by atoms with Gasteiger partial charge in [-0.05, 0) is 23.6 Å². The van der Waals surface area contributed by atoms with Gasteiger partial charge in [-0.2, -0.15) is 10.5 Å². The molecule has 14 heteroatoms. The highest BCUT2D eigenvalue weighted by Gasteiger charge is 2.33. The van der Waals surface area contributed by atoms with Crippen LogP contribution in [-0.2, 0) is 12.8 Å². The third kappa shape index (κ3) is 3.96. The molecule has 2 aliphatic rings. The van der Waals surface area contributed by atoms with Gasteiger partial charge in [0.05, 0.1) is 29.8 Å². The molecular formula is C30H6F10N4. The van der Waals surface area contributed by atoms with Crippen molar-refractivity contribution in [2.45, 2.75) is 12.8 Å². The maximum atomic E-state index is 15.7. The lowest BCUT2D eigenvalue weighted by atomic mass is 9.96. The molecule has 0 saturated carbocycles. The monoisotopic (exact) mass is 612 g/mol. The Morgan fingerprint density at radius 3 is 1.50 bits per heavy atom. The Morgan fingerprint density at radius 2 is 1.07 bits per heavy atom. The van der Waals surface area contributed by atoms with E-state index in [0.29, 0.717) is 0 Å². The van der Waals surface area contributed by atoms with E-state index in [4.69, 9.17) is 18.4 Å². The first-order valence-electron chi connectivity index (χ1n) is 11.8. The van der Waals surface area contributed by atoms with E-state index in [1.807, 2.05) is 0 Å². The molecule has 0 radical (unpaired) electrons. The fourth-order valence-corrected chi connectivity index (χ4v) is 5.07. The summed E-state index contributed by atoms with van der Waals surface area (Å²) in [5.74, 6) is -19.1. The number of hydrogen-bond acceptors (Lipinski definition) is 2. The summed E-state index contributed by atoms with van der Waals surface area (Å²) in [4.78, 5) is 5.28. The molecule has 0 aromatic heterocycles. The first kappa shape index (κ1) is 29.6. The normalized spacial score (nSPS) is 15.2. The number of nitriles is 2. The van der Waals surface area contributed by atoms with Crippen LogP contribution < -0.4 is 10.4 Å². The molecule has 0 atom stereocenters. The standard InChI is InChI=1S/C30H6F10N4/c1-43-29(18-25(37)27(39)30(44-2)28(40)26(18)38)10-5-13-14(6-10)20(32)12-4-9(3-11(12)19(13)31)15(7-41)17-23(35)21(33)16(8-42)22(34)24(17)36/h3,6H,4-5H2/b15-9-,29-10-. The van der Waals surface area contributed by atoms with Gasteiger partial charge < -0.3 is 0 Å². The minimum absolute atomic E-state index is 0.454. The largest absolute Gasteiger partial charge is 0.262 e. The van der Waals surface area contributed by atoms with E-state index < -0.39 is 137 Å². The van der Waals surface area contributed by atoms with Crippen LogP contribution in [0.15, 0.2) is 11.1 Å². The highest BCUT2D eigenvalue weighted by atomic mass is 19.2. The van der Waals surface area contributed by atoms with Gasteiger partial charge in [0.2, 0.25) is 5.70 Å². The molecule has 0 amide bonds. The van der Waals surface area contributed by atoms with E-state index >= 15 is 8.78 Å². The molecule has 0 fully saturated rings. The zero-order chi connectivity index (χ0) is 32.4. The average Bonchev–Trinajstić information content (AvgIpc) is 3.65. The smallest absolute Gasteiger partial charge is 0.237 e. The minimum atomic E-state index is -2.09. The van der Waals surface area contributed by atoms with Gasteiger partial charge in [-0.25, -0.2) is 53.6 Å². The molecule has 4 nitrogen and oxygen atoms in total. The lowest BCUT2D eigenvalue weighted by Gasteiger charge is -2.10. The molecule has 0 saturated heterocycles. The molecule has 0 spiro atoms. The summed E-state index contributed by atoms with van der Waals surface area (Å²) < 4.78 is 147. The Balaban J connectivity index is 1.72. The summed E-state index contributed by atoms with van der Waals surface area (Å²) in [5.41, 5.74) is -10.2. The van der Waals surface area contributed by atoms with Crippen molar-refractivity contribution in [3.8, 4) is 12.1 Å². The second kappa shape index (κ2) is 10.4. The van der Waals surface area contributed by atoms with Crippen molar-refractivity contribution in [2.24, 2.45) is 0 Å². The number of nitrogens with zero attached hydrogens (tertiary/aromatic N) is 4. The fourth-order valence-electron chi connectivity index (χ4n) is 5.07. The van der Waals surface area contributed by atoms with Crippen LogP contribution in [0.1, 0.15) is 27.8 Å². The summed E-state index contributed by atoms with van der Waals surface area (Å²) in [5, 5.41) is 17.3. The number of benzene rings is 3. The van der Waals surface area contributed by atoms with Crippen LogP contribution in [0, 0.1) is 94.0 Å². The fraction of sp³-hybridized carbons (Fsp3) is 0.0667. The van der Waals surface area contributed by atoms with Crippen molar-refractivity contribution < 1.29 is 43.9 Å². The summed E-state index contributed by atoms with van der Waals surface area (Å²) in [7, 11) is 0. The van der Waals surface area contributed by atoms with Gasteiger partial charge in [0.1, 0.15) is 41.0 Å². The summed E-state index contributed by atoms with van der Waals surface area (Å²) >= 11 is 0. The average molecular weight is 612 g/mol. The molecule has 5 rings (SSSR count). The van der Waals surface area contributed by atoms with E-state index in [1.54, 1.807) is 0 Å². The third-order valence-electron chi connectivity index (χ3n) is 7.09. The first-order valence-corrected chi connectivity index (χ1v) is 11.8. The van der Waals surface area contributed by atoms with E-state index in [-0.39, 0.29) is 0 Å². The van der Waals surface area contributed by atoms with Crippen molar-refractivity contribution in [2.75, 3.05) is 0 Å². The van der Waals surface area contributed by atoms with Crippen LogP contribution in [-0.4, -0.2) is 0 Å². The predicted octanol–water partition coefficient (Wildman–Crippen LogP) is 6.48. The predicted molar refractivity (Wildman–Crippen MR) is 132 cm³/mol. The Hall–Kier alpha value is -5.86. The van der Waals surface area contributed by atoms with Gasteiger partial charge in [-0.1, -0.05) is 6.08 Å². The van der Waals surface area contributed by atoms with Crippen molar-refractivity contribution in [1.29, 1.82) is 10.5 Å². The second-order valence-electron chi connectivity index (χ2n) is 9.26. The Bertz CT molecular complexity index is 2050. The molecule has 0 aliphatic heterocycles. The van der Waals surface area contributed by atoms with Crippen LogP contribution in [0.2, 0.25) is 0 Å². The van der Waals surface area contributed by atoms with Gasteiger partial charge in [0, 0.05) is 28.0 Å². The highest BCUT2D eigenvalue weighted by Crippen LogP contribution is 2.38. The van der Waals surface area contributed by atoms with Crippen LogP contribution in [0.25, 0.3) is 33.1 Å². The summed E-state index contributed by atoms with van der Waals surface area (Å²) in [6.45, 7) is 14.1. The van der Waals surface area contributed by atoms with Crippen molar-refractivity contribution in [3.63, 3.8) is 0 Å². The van der Waals surface area contributed by atoms with Gasteiger partial charge in [-0.15, -0.1) is 0 Å². The number of fused-ring (bicyclic) bond motifs is 2. The topological polar surface area (TPSA) is 56.3 Å². The van der Waals surface area contributed by atoms with Gasteiger partial charge in [0.25, 0.3) is 5.69 Å². The SMILES string of the molecule is [C-]#[N+]/C(=C1\C=c2c(F)c3c(c(F)c2C1)=C/C(=C(\C#N)c1c(F)c(F)c(C#N)c(F)c1F)C3)c1c(F)c(F)c([N+]#[C-])c(F)c1F. The molecular weight excluding hydrogens is 606 g/mol. The maximum absolute atomic E-state index is 15.7. The Kier molecular flexibility index (Phi) is 7.03. The molecule has 0 N–H and O–H groups in total. The molecule has 0 heterocycles. The zero-order valence-corrected chi connectivity index (χ0v) is 21.1. The number of allylic oxidation sites excluding steroid dienone is 3. The van der Waals surface area contributed by atoms with E-state index in [2.05, 4.69) is 9.69 Å². The first-order chi connectivity index (χ1) is 20.8. The molecule has 0 unspecified atom stereocenters. The molecule has 0 bridgehead atoms. The van der Waals surface area contributed by atoms with E-state index in [9.17, 15) is 40.4 Å². The molecule has 3 aromatic rings. The minimum Gasteiger partial charge on any atom is -0.237 e. The lowest BCUT2D eigenvalue weighted by Crippen LogP contribution is -2.25. The lowest BCUT2D eigenvalue weighted by molar-refractivity contribution is 0.447. The van der Waals surface area contributed by atoms with Crippen LogP contribution >= 0.6 is 0 Å². The molecule has 3 aromatic carbocycles. The Morgan fingerprint density at radius 1 is 0.614 bits per heavy atom. The molecule has 216 valence electrons. The zero-order valence-electron chi connectivity index (χ0n) is 21.1. The van der Waals surface area contributed by atoms with Gasteiger partial charge >= 0.3 is 0 Å². The number of hydrogen-bond donors (Lipinski definition) is 0. The third-order valence-corrected chi connectivity index (χ3v) is 7.09. The van der Waals surface area contributed by atoms with Gasteiger partial charge in [-0.3, -0.25) is 0 Å². The van der Waals surface area contributed by atoms with Crippen LogP contribution in [0.3, 0.4) is 0 Å². The Labute approximate surface area is 239 Å². The number of rotatable bonds is 2. The van der Waals surface area contributed by atoms with Crippen molar-refractivity contribution in [3.05, 3.63) is 130 Å². The quantitative estimate of drug-likeness (QED) is 0.144. The van der Waals surface area contributed by atoms with Crippen molar-refractivity contribution >= 4 is 29.1 Å². The van der Waals surface area contributed by atoms with Crippen LogP contribution in [0.5, 0.6) is 0 Å². The van der Waals surface area contributed by atoms with Crippen LogP contribution in [0.4, 0.5) is 49.6 Å². The molecule has 2 aliphatic carbocycles. The van der Waals surface area contributed by atoms with E-state index in [1.165, 1.54) is 6.07 Å². The second-order valence-corrected chi connectivity index (χ2v) is 9.26. The van der Waals surface area contributed by atoms with Gasteiger partial charge in [0.15, 0.2) is 34.9 Å². The van der Waals surface area contributed by atoms with E-state index in [0.717, 1.165) is 18.2 Å². The molecule has 44 heavy (non-hydrogen) atoms. The van der Waals surface area contributed by atoms with Crippen molar-refractivity contribution in [1.82, 2.24) is 0 Å². The summed E-state index contributed by atoms with van der Waals surface area (Å²) in [6, 6.07) is 2.29. The maximum Gasteiger partial charge on any atom is 0.262 e. The summed E-state index contributed by atoms with van der Waals surface area (Å²) in [6.07, 6.45) is 0.0976.